The van der Waals surface area contributed by atoms with Crippen LogP contribution in [0.15, 0.2) is 12.3 Å². The number of hydrogen-bond acceptors (Lipinski definition) is 2. The Balaban J connectivity index is 1.57. The van der Waals surface area contributed by atoms with Crippen molar-refractivity contribution < 1.29 is 4.79 Å². The molecule has 1 heterocycles. The van der Waals surface area contributed by atoms with E-state index in [-0.39, 0.29) is 0 Å². The normalized spacial score (nSPS) is 22.8. The van der Waals surface area contributed by atoms with Gasteiger partial charge in [-0.3, -0.25) is 9.48 Å². The van der Waals surface area contributed by atoms with Crippen LogP contribution >= 0.6 is 0 Å². The average Bonchev–Trinajstić information content (AvgIpc) is 2.91. The topological polar surface area (TPSA) is 34.9 Å². The van der Waals surface area contributed by atoms with Gasteiger partial charge in [-0.2, -0.15) is 5.10 Å². The molecule has 2 aliphatic rings. The highest BCUT2D eigenvalue weighted by Gasteiger charge is 2.21. The Morgan fingerprint density at radius 1 is 1.11 bits per heavy atom. The number of ketones is 1. The number of nitrogens with zero attached hydrogens (tertiary/aromatic N) is 2. The summed E-state index contributed by atoms with van der Waals surface area (Å²) in [4.78, 5) is 11.3. The van der Waals surface area contributed by atoms with E-state index in [1.165, 1.54) is 37.8 Å². The zero-order valence-corrected chi connectivity index (χ0v) is 11.7. The number of hydrogen-bond donors (Lipinski definition) is 0. The second kappa shape index (κ2) is 5.89. The smallest absolute Gasteiger partial charge is 0.132 e. The fourth-order valence-corrected chi connectivity index (χ4v) is 3.53. The van der Waals surface area contributed by atoms with Crippen LogP contribution in [0.2, 0.25) is 0 Å². The lowest BCUT2D eigenvalue weighted by Gasteiger charge is -2.22. The monoisotopic (exact) mass is 260 g/mol. The maximum atomic E-state index is 11.3. The van der Waals surface area contributed by atoms with E-state index in [0.29, 0.717) is 17.7 Å². The van der Waals surface area contributed by atoms with Gasteiger partial charge in [-0.25, -0.2) is 0 Å². The molecule has 2 aliphatic carbocycles. The van der Waals surface area contributed by atoms with Crippen molar-refractivity contribution in [3.8, 4) is 0 Å². The van der Waals surface area contributed by atoms with Crippen LogP contribution in [-0.4, -0.2) is 15.6 Å². The van der Waals surface area contributed by atoms with E-state index in [9.17, 15) is 4.79 Å². The highest BCUT2D eigenvalue weighted by Crippen LogP contribution is 2.28. The molecule has 0 unspecified atom stereocenters. The molecule has 2 fully saturated rings. The maximum absolute atomic E-state index is 11.3. The molecule has 0 spiro atoms. The molecule has 3 nitrogen and oxygen atoms in total. The van der Waals surface area contributed by atoms with Crippen molar-refractivity contribution in [2.24, 2.45) is 5.92 Å². The molecule has 19 heavy (non-hydrogen) atoms. The molecule has 0 saturated heterocycles. The van der Waals surface area contributed by atoms with Crippen molar-refractivity contribution in [2.45, 2.75) is 70.3 Å². The molecule has 0 aliphatic heterocycles. The maximum Gasteiger partial charge on any atom is 0.132 e. The minimum absolute atomic E-state index is 0.448. The lowest BCUT2D eigenvalue weighted by atomic mass is 9.85. The van der Waals surface area contributed by atoms with Gasteiger partial charge in [0.05, 0.1) is 11.7 Å². The summed E-state index contributed by atoms with van der Waals surface area (Å²) >= 11 is 0. The zero-order chi connectivity index (χ0) is 13.1. The van der Waals surface area contributed by atoms with Gasteiger partial charge in [0, 0.05) is 19.0 Å². The Bertz CT molecular complexity index is 422. The van der Waals surface area contributed by atoms with E-state index < -0.39 is 0 Å². The predicted octanol–water partition coefficient (Wildman–Crippen LogP) is 3.69. The summed E-state index contributed by atoms with van der Waals surface area (Å²) in [6, 6.07) is 2.82. The molecule has 1 aromatic heterocycles. The van der Waals surface area contributed by atoms with Gasteiger partial charge in [-0.05, 0) is 44.1 Å². The predicted molar refractivity (Wildman–Crippen MR) is 75.0 cm³/mol. The van der Waals surface area contributed by atoms with Gasteiger partial charge < -0.3 is 0 Å². The van der Waals surface area contributed by atoms with E-state index in [0.717, 1.165) is 32.1 Å². The molecular formula is C16H24N2O. The summed E-state index contributed by atoms with van der Waals surface area (Å²) in [5.41, 5.74) is 1.23. The van der Waals surface area contributed by atoms with E-state index in [2.05, 4.69) is 16.9 Å². The van der Waals surface area contributed by atoms with Crippen LogP contribution in [0.3, 0.4) is 0 Å². The number of aromatic nitrogens is 2. The van der Waals surface area contributed by atoms with Crippen molar-refractivity contribution in [1.82, 2.24) is 9.78 Å². The highest BCUT2D eigenvalue weighted by molar-refractivity contribution is 5.79. The third-order valence-electron chi connectivity index (χ3n) is 4.77. The molecule has 0 atom stereocenters. The quantitative estimate of drug-likeness (QED) is 0.830. The molecule has 2 saturated carbocycles. The second-order valence-corrected chi connectivity index (χ2v) is 6.27. The average molecular weight is 260 g/mol. The number of carbonyl (C=O) groups excluding carboxylic acids is 1. The summed E-state index contributed by atoms with van der Waals surface area (Å²) in [5.74, 6) is 1.12. The zero-order valence-electron chi connectivity index (χ0n) is 11.7. The van der Waals surface area contributed by atoms with E-state index in [4.69, 9.17) is 5.10 Å². The van der Waals surface area contributed by atoms with Gasteiger partial charge in [0.25, 0.3) is 0 Å². The molecule has 3 rings (SSSR count). The van der Waals surface area contributed by atoms with Gasteiger partial charge in [-0.15, -0.1) is 0 Å². The first-order valence-electron chi connectivity index (χ1n) is 7.87. The first kappa shape index (κ1) is 12.9. The van der Waals surface area contributed by atoms with Crippen molar-refractivity contribution in [2.75, 3.05) is 0 Å². The Labute approximate surface area is 115 Å². The van der Waals surface area contributed by atoms with Crippen molar-refractivity contribution in [3.63, 3.8) is 0 Å². The molecule has 3 heteroatoms. The molecule has 0 bridgehead atoms. The summed E-state index contributed by atoms with van der Waals surface area (Å²) < 4.78 is 2.20. The summed E-state index contributed by atoms with van der Waals surface area (Å²) in [6.07, 6.45) is 13.6. The van der Waals surface area contributed by atoms with E-state index in [1.807, 2.05) is 0 Å². The highest BCUT2D eigenvalue weighted by atomic mass is 16.1. The van der Waals surface area contributed by atoms with Crippen LogP contribution in [0.1, 0.15) is 69.5 Å². The van der Waals surface area contributed by atoms with Crippen LogP contribution in [0.5, 0.6) is 0 Å². The van der Waals surface area contributed by atoms with Gasteiger partial charge >= 0.3 is 0 Å². The van der Waals surface area contributed by atoms with E-state index >= 15 is 0 Å². The molecule has 104 valence electrons. The van der Waals surface area contributed by atoms with Crippen molar-refractivity contribution in [3.05, 3.63) is 18.0 Å². The molecular weight excluding hydrogens is 236 g/mol. The SMILES string of the molecule is O=C1CCC(Cc2ccn(C3CCCCC3)n2)CC1. The molecule has 0 radical (unpaired) electrons. The summed E-state index contributed by atoms with van der Waals surface area (Å²) in [7, 11) is 0. The minimum Gasteiger partial charge on any atom is -0.300 e. The van der Waals surface area contributed by atoms with Gasteiger partial charge in [-0.1, -0.05) is 19.3 Å². The van der Waals surface area contributed by atoms with E-state index in [1.54, 1.807) is 0 Å². The standard InChI is InChI=1S/C16H24N2O/c19-16-8-6-13(7-9-16)12-14-10-11-18(17-14)15-4-2-1-3-5-15/h10-11,13,15H,1-9,12H2. The third kappa shape index (κ3) is 3.26. The molecule has 0 amide bonds. The largest absolute Gasteiger partial charge is 0.300 e. The lowest BCUT2D eigenvalue weighted by molar-refractivity contribution is -0.121. The number of rotatable bonds is 3. The van der Waals surface area contributed by atoms with Crippen LogP contribution < -0.4 is 0 Å². The molecule has 0 aromatic carbocycles. The van der Waals surface area contributed by atoms with Crippen LogP contribution in [-0.2, 0) is 11.2 Å². The summed E-state index contributed by atoms with van der Waals surface area (Å²) in [5, 5.41) is 4.78. The number of carbonyl (C=O) groups is 1. The fourth-order valence-electron chi connectivity index (χ4n) is 3.53. The van der Waals surface area contributed by atoms with Crippen LogP contribution in [0.25, 0.3) is 0 Å². The number of Topliss-reactive ketones (excluding diaryl/α,β-unsaturated/α-hetero) is 1. The fraction of sp³-hybridized carbons (Fsp3) is 0.750. The van der Waals surface area contributed by atoms with Crippen LogP contribution in [0, 0.1) is 5.92 Å². The van der Waals surface area contributed by atoms with Crippen LogP contribution in [0.4, 0.5) is 0 Å². The first-order chi connectivity index (χ1) is 9.31. The van der Waals surface area contributed by atoms with Crippen molar-refractivity contribution >= 4 is 5.78 Å². The minimum atomic E-state index is 0.448. The van der Waals surface area contributed by atoms with Gasteiger partial charge in [0.2, 0.25) is 0 Å². The molecule has 1 aromatic rings. The Morgan fingerprint density at radius 3 is 2.58 bits per heavy atom. The Hall–Kier alpha value is -1.12. The Morgan fingerprint density at radius 2 is 1.84 bits per heavy atom. The van der Waals surface area contributed by atoms with Crippen molar-refractivity contribution in [1.29, 1.82) is 0 Å². The molecule has 0 N–H and O–H groups in total. The summed E-state index contributed by atoms with van der Waals surface area (Å²) in [6.45, 7) is 0. The third-order valence-corrected chi connectivity index (χ3v) is 4.77. The first-order valence-corrected chi connectivity index (χ1v) is 7.87. The Kier molecular flexibility index (Phi) is 4.00. The second-order valence-electron chi connectivity index (χ2n) is 6.27. The van der Waals surface area contributed by atoms with Gasteiger partial charge in [0.1, 0.15) is 5.78 Å². The lowest BCUT2D eigenvalue weighted by Crippen LogP contribution is -2.17. The van der Waals surface area contributed by atoms with Gasteiger partial charge in [0.15, 0.2) is 0 Å².